The second kappa shape index (κ2) is 6.83. The largest absolute Gasteiger partial charge is 0.480 e. The van der Waals surface area contributed by atoms with Gasteiger partial charge < -0.3 is 10.4 Å². The van der Waals surface area contributed by atoms with Crippen LogP contribution in [0.2, 0.25) is 0 Å². The first-order valence-corrected chi connectivity index (χ1v) is 6.88. The SMILES string of the molecule is CC(C)C[C@@H](NC(=O)c1ccc(F)cc1I)C(=O)O. The van der Waals surface area contributed by atoms with Crippen molar-refractivity contribution in [2.24, 2.45) is 5.92 Å². The summed E-state index contributed by atoms with van der Waals surface area (Å²) in [5, 5.41) is 11.5. The van der Waals surface area contributed by atoms with Crippen molar-refractivity contribution in [3.05, 3.63) is 33.1 Å². The minimum Gasteiger partial charge on any atom is -0.480 e. The standard InChI is InChI=1S/C13H15FINO3/c1-7(2)5-11(13(18)19)16-12(17)9-4-3-8(14)6-10(9)15/h3-4,6-7,11H,5H2,1-2H3,(H,16,17)(H,18,19)/t11-/m1/s1. The zero-order chi connectivity index (χ0) is 14.6. The Bertz CT molecular complexity index is 491. The third kappa shape index (κ3) is 4.77. The Morgan fingerprint density at radius 3 is 2.53 bits per heavy atom. The highest BCUT2D eigenvalue weighted by molar-refractivity contribution is 14.1. The molecule has 4 nitrogen and oxygen atoms in total. The van der Waals surface area contributed by atoms with Crippen LogP contribution in [-0.4, -0.2) is 23.0 Å². The van der Waals surface area contributed by atoms with Crippen LogP contribution in [0.25, 0.3) is 0 Å². The fourth-order valence-corrected chi connectivity index (χ4v) is 2.32. The third-order valence-electron chi connectivity index (χ3n) is 2.49. The van der Waals surface area contributed by atoms with Crippen LogP contribution in [0.1, 0.15) is 30.6 Å². The lowest BCUT2D eigenvalue weighted by Gasteiger charge is -2.16. The highest BCUT2D eigenvalue weighted by atomic mass is 127. The summed E-state index contributed by atoms with van der Waals surface area (Å²) in [4.78, 5) is 23.0. The van der Waals surface area contributed by atoms with Crippen LogP contribution < -0.4 is 5.32 Å². The van der Waals surface area contributed by atoms with Gasteiger partial charge in [0.15, 0.2) is 0 Å². The maximum atomic E-state index is 12.9. The highest BCUT2D eigenvalue weighted by Gasteiger charge is 2.22. The second-order valence-corrected chi connectivity index (χ2v) is 5.78. The first kappa shape index (κ1) is 15.9. The third-order valence-corrected chi connectivity index (χ3v) is 3.38. The van der Waals surface area contributed by atoms with Gasteiger partial charge in [-0.25, -0.2) is 9.18 Å². The van der Waals surface area contributed by atoms with Crippen molar-refractivity contribution in [2.75, 3.05) is 0 Å². The summed E-state index contributed by atoms with van der Waals surface area (Å²) in [7, 11) is 0. The first-order chi connectivity index (χ1) is 8.81. The Kier molecular flexibility index (Phi) is 5.71. The van der Waals surface area contributed by atoms with Gasteiger partial charge in [0.2, 0.25) is 0 Å². The van der Waals surface area contributed by atoms with E-state index in [-0.39, 0.29) is 11.5 Å². The van der Waals surface area contributed by atoms with E-state index in [0.29, 0.717) is 9.99 Å². The predicted molar refractivity (Wildman–Crippen MR) is 77.5 cm³/mol. The molecule has 104 valence electrons. The number of halogens is 2. The van der Waals surface area contributed by atoms with Crippen LogP contribution in [0.5, 0.6) is 0 Å². The molecule has 1 atom stereocenters. The van der Waals surface area contributed by atoms with Crippen LogP contribution in [-0.2, 0) is 4.79 Å². The number of aliphatic carboxylic acids is 1. The molecular formula is C13H15FINO3. The first-order valence-electron chi connectivity index (χ1n) is 5.80. The van der Waals surface area contributed by atoms with E-state index in [0.717, 1.165) is 0 Å². The number of benzene rings is 1. The van der Waals surface area contributed by atoms with Gasteiger partial charge in [-0.1, -0.05) is 13.8 Å². The van der Waals surface area contributed by atoms with E-state index in [1.807, 2.05) is 36.4 Å². The fraction of sp³-hybridized carbons (Fsp3) is 0.385. The van der Waals surface area contributed by atoms with Gasteiger partial charge in [0.1, 0.15) is 11.9 Å². The van der Waals surface area contributed by atoms with Gasteiger partial charge in [-0.3, -0.25) is 4.79 Å². The highest BCUT2D eigenvalue weighted by Crippen LogP contribution is 2.14. The van der Waals surface area contributed by atoms with Gasteiger partial charge in [0, 0.05) is 3.57 Å². The number of hydrogen-bond donors (Lipinski definition) is 2. The lowest BCUT2D eigenvalue weighted by atomic mass is 10.0. The lowest BCUT2D eigenvalue weighted by molar-refractivity contribution is -0.139. The molecule has 1 rings (SSSR count). The Morgan fingerprint density at radius 2 is 2.05 bits per heavy atom. The van der Waals surface area contributed by atoms with Crippen molar-refractivity contribution in [1.29, 1.82) is 0 Å². The maximum absolute atomic E-state index is 12.9. The molecule has 6 heteroatoms. The molecule has 0 radical (unpaired) electrons. The smallest absolute Gasteiger partial charge is 0.326 e. The topological polar surface area (TPSA) is 66.4 Å². The summed E-state index contributed by atoms with van der Waals surface area (Å²) in [6.45, 7) is 3.76. The van der Waals surface area contributed by atoms with Crippen molar-refractivity contribution in [1.82, 2.24) is 5.32 Å². The molecule has 0 bridgehead atoms. The molecule has 19 heavy (non-hydrogen) atoms. The molecule has 0 unspecified atom stereocenters. The average Bonchev–Trinajstić information content (AvgIpc) is 2.26. The molecule has 0 saturated heterocycles. The zero-order valence-electron chi connectivity index (χ0n) is 10.6. The van der Waals surface area contributed by atoms with Gasteiger partial charge in [-0.15, -0.1) is 0 Å². The van der Waals surface area contributed by atoms with Crippen LogP contribution >= 0.6 is 22.6 Å². The van der Waals surface area contributed by atoms with Crippen LogP contribution in [0.15, 0.2) is 18.2 Å². The van der Waals surface area contributed by atoms with E-state index in [2.05, 4.69) is 5.32 Å². The summed E-state index contributed by atoms with van der Waals surface area (Å²) in [5.74, 6) is -1.86. The minimum absolute atomic E-state index is 0.147. The van der Waals surface area contributed by atoms with Crippen LogP contribution in [0, 0.1) is 15.3 Å². The second-order valence-electron chi connectivity index (χ2n) is 4.62. The molecule has 0 aliphatic rings. The van der Waals surface area contributed by atoms with E-state index in [9.17, 15) is 14.0 Å². The molecule has 0 aliphatic heterocycles. The molecule has 2 N–H and O–H groups in total. The van der Waals surface area contributed by atoms with Gasteiger partial charge in [0.25, 0.3) is 5.91 Å². The number of rotatable bonds is 5. The molecule has 0 spiro atoms. The summed E-state index contributed by atoms with van der Waals surface area (Å²) >= 11 is 1.84. The Hall–Kier alpha value is -1.18. The summed E-state index contributed by atoms with van der Waals surface area (Å²) in [6, 6.07) is 2.82. The maximum Gasteiger partial charge on any atom is 0.326 e. The van der Waals surface area contributed by atoms with E-state index in [1.54, 1.807) is 0 Å². The number of hydrogen-bond acceptors (Lipinski definition) is 2. The number of carbonyl (C=O) groups is 2. The van der Waals surface area contributed by atoms with Crippen molar-refractivity contribution in [3.8, 4) is 0 Å². The molecule has 0 fully saturated rings. The number of carbonyl (C=O) groups excluding carboxylic acids is 1. The van der Waals surface area contributed by atoms with Crippen molar-refractivity contribution in [3.63, 3.8) is 0 Å². The number of carboxylic acid groups (broad SMARTS) is 1. The number of amides is 1. The van der Waals surface area contributed by atoms with Crippen molar-refractivity contribution >= 4 is 34.5 Å². The predicted octanol–water partition coefficient (Wildman–Crippen LogP) is 2.66. The Balaban J connectivity index is 2.84. The molecule has 0 aliphatic carbocycles. The molecular weight excluding hydrogens is 364 g/mol. The van der Waals surface area contributed by atoms with Gasteiger partial charge in [-0.2, -0.15) is 0 Å². The van der Waals surface area contributed by atoms with E-state index < -0.39 is 23.7 Å². The van der Waals surface area contributed by atoms with E-state index in [1.165, 1.54) is 18.2 Å². The van der Waals surface area contributed by atoms with Gasteiger partial charge in [0.05, 0.1) is 5.56 Å². The summed E-state index contributed by atoms with van der Waals surface area (Å²) in [6.07, 6.45) is 0.346. The fourth-order valence-electron chi connectivity index (χ4n) is 1.60. The molecule has 1 aromatic rings. The molecule has 1 amide bonds. The average molecular weight is 379 g/mol. The monoisotopic (exact) mass is 379 g/mol. The molecule has 0 aromatic heterocycles. The number of carboxylic acids is 1. The summed E-state index contributed by atoms with van der Waals surface area (Å²) < 4.78 is 13.4. The lowest BCUT2D eigenvalue weighted by Crippen LogP contribution is -2.41. The zero-order valence-corrected chi connectivity index (χ0v) is 12.8. The minimum atomic E-state index is -1.07. The van der Waals surface area contributed by atoms with Gasteiger partial charge >= 0.3 is 5.97 Å². The van der Waals surface area contributed by atoms with Crippen LogP contribution in [0.4, 0.5) is 4.39 Å². The Labute approximate surface area is 124 Å². The molecule has 1 aromatic carbocycles. The quantitative estimate of drug-likeness (QED) is 0.774. The molecule has 0 heterocycles. The summed E-state index contributed by atoms with van der Waals surface area (Å²) in [5.41, 5.74) is 0.275. The van der Waals surface area contributed by atoms with Crippen molar-refractivity contribution in [2.45, 2.75) is 26.3 Å². The van der Waals surface area contributed by atoms with E-state index >= 15 is 0 Å². The molecule has 0 saturated carbocycles. The van der Waals surface area contributed by atoms with Crippen molar-refractivity contribution < 1.29 is 19.1 Å². The number of nitrogens with one attached hydrogen (secondary N) is 1. The van der Waals surface area contributed by atoms with E-state index in [4.69, 9.17) is 5.11 Å². The van der Waals surface area contributed by atoms with Crippen LogP contribution in [0.3, 0.4) is 0 Å². The van der Waals surface area contributed by atoms with Gasteiger partial charge in [-0.05, 0) is 53.1 Å². The Morgan fingerprint density at radius 1 is 1.42 bits per heavy atom. The normalized spacial score (nSPS) is 12.3.